The van der Waals surface area contributed by atoms with Gasteiger partial charge in [-0.05, 0) is 12.8 Å². The zero-order chi connectivity index (χ0) is 18.4. The first kappa shape index (κ1) is 17.8. The number of imidazole rings is 1. The predicted octanol–water partition coefficient (Wildman–Crippen LogP) is 3.55. The molecule has 3 atom stereocenters. The van der Waals surface area contributed by atoms with Gasteiger partial charge in [0.05, 0.1) is 6.33 Å². The molecule has 3 heterocycles. The number of nitrogens with one attached hydrogen (secondary N) is 1. The Bertz CT molecular complexity index is 840. The van der Waals surface area contributed by atoms with Gasteiger partial charge in [-0.1, -0.05) is 39.4 Å². The van der Waals surface area contributed by atoms with Crippen LogP contribution in [0.2, 0.25) is 19.6 Å². The molecule has 2 aromatic heterocycles. The number of hydrogen-bond acceptors (Lipinski definition) is 5. The third-order valence-corrected chi connectivity index (χ3v) is 5.65. The van der Waals surface area contributed by atoms with Crippen LogP contribution in [0.3, 0.4) is 0 Å². The third kappa shape index (κ3) is 3.14. The van der Waals surface area contributed by atoms with E-state index in [4.69, 9.17) is 11.2 Å². The Hall–Kier alpha value is -1.98. The maximum atomic E-state index is 14.0. The molecule has 6 nitrogen and oxygen atoms in total. The molecule has 1 N–H and O–H groups in total. The lowest BCUT2D eigenvalue weighted by atomic mass is 9.87. The summed E-state index contributed by atoms with van der Waals surface area (Å²) < 4.78 is 22.0. The van der Waals surface area contributed by atoms with Gasteiger partial charge in [0.2, 0.25) is 0 Å². The first-order chi connectivity index (χ1) is 11.7. The van der Waals surface area contributed by atoms with Gasteiger partial charge in [-0.25, -0.2) is 4.98 Å². The van der Waals surface area contributed by atoms with Crippen LogP contribution in [-0.2, 0) is 4.74 Å². The molecule has 0 bridgehead atoms. The highest BCUT2D eigenvalue weighted by atomic mass is 28.3. The van der Waals surface area contributed by atoms with E-state index in [1.54, 1.807) is 10.9 Å². The fraction of sp³-hybridized carbons (Fsp3) is 0.588. The number of hydrogen-bond donors (Lipinski definition) is 1. The SMILES string of the molecule is C#C[C@]1(CC)O[C@@H](n2cnc3c(N[Si](C)(C)C)nc(F)nc32)C[C@@H]1C. The lowest BCUT2D eigenvalue weighted by Crippen LogP contribution is -2.33. The van der Waals surface area contributed by atoms with Crippen LogP contribution < -0.4 is 4.98 Å². The molecular formula is C17H24FN5OSi. The van der Waals surface area contributed by atoms with Gasteiger partial charge in [-0.2, -0.15) is 14.4 Å². The van der Waals surface area contributed by atoms with Crippen molar-refractivity contribution in [1.82, 2.24) is 19.5 Å². The number of fused-ring (bicyclic) bond motifs is 1. The van der Waals surface area contributed by atoms with Crippen molar-refractivity contribution in [3.8, 4) is 12.3 Å². The smallest absolute Gasteiger partial charge is 0.312 e. The Morgan fingerprint density at radius 3 is 2.76 bits per heavy atom. The highest BCUT2D eigenvalue weighted by molar-refractivity contribution is 6.79. The number of nitrogens with zero attached hydrogens (tertiary/aromatic N) is 4. The molecule has 134 valence electrons. The van der Waals surface area contributed by atoms with Crippen molar-refractivity contribution in [1.29, 1.82) is 0 Å². The van der Waals surface area contributed by atoms with Crippen LogP contribution in [0.15, 0.2) is 6.33 Å². The van der Waals surface area contributed by atoms with Gasteiger partial charge in [-0.15, -0.1) is 6.42 Å². The lowest BCUT2D eigenvalue weighted by Gasteiger charge is -2.25. The average molecular weight is 361 g/mol. The standard InChI is InChI=1S/C17H24FN5OSi/c1-7-17(8-2)11(3)9-12(24-17)23-10-19-13-14(22-25(4,5)6)20-16(18)21-15(13)23/h1,10-12H,8-9H2,2-6H3,(H,20,21,22)/t11-,12+,17+/m0/s1. The molecule has 1 fully saturated rings. The van der Waals surface area contributed by atoms with Gasteiger partial charge in [-0.3, -0.25) is 4.57 Å². The maximum absolute atomic E-state index is 14.0. The van der Waals surface area contributed by atoms with E-state index in [1.807, 2.05) is 6.92 Å². The second-order valence-electron chi connectivity index (χ2n) is 7.64. The Kier molecular flexibility index (Phi) is 4.33. The van der Waals surface area contributed by atoms with Crippen molar-refractivity contribution in [2.45, 2.75) is 58.2 Å². The summed E-state index contributed by atoms with van der Waals surface area (Å²) in [7, 11) is -1.72. The summed E-state index contributed by atoms with van der Waals surface area (Å²) in [6.07, 6.45) is 7.71. The molecule has 0 unspecified atom stereocenters. The highest BCUT2D eigenvalue weighted by Crippen LogP contribution is 2.43. The van der Waals surface area contributed by atoms with E-state index >= 15 is 0 Å². The molecule has 25 heavy (non-hydrogen) atoms. The van der Waals surface area contributed by atoms with Crippen LogP contribution in [0.4, 0.5) is 10.2 Å². The molecule has 0 amide bonds. The minimum atomic E-state index is -1.72. The van der Waals surface area contributed by atoms with Crippen molar-refractivity contribution in [3.63, 3.8) is 0 Å². The van der Waals surface area contributed by atoms with Crippen LogP contribution >= 0.6 is 0 Å². The number of terminal acetylenes is 1. The second kappa shape index (κ2) is 6.07. The molecule has 0 spiro atoms. The van der Waals surface area contributed by atoms with E-state index in [1.165, 1.54) is 0 Å². The van der Waals surface area contributed by atoms with E-state index in [9.17, 15) is 4.39 Å². The molecule has 3 rings (SSSR count). The molecule has 2 aromatic rings. The van der Waals surface area contributed by atoms with Gasteiger partial charge < -0.3 is 9.72 Å². The zero-order valence-electron chi connectivity index (χ0n) is 15.3. The minimum Gasteiger partial charge on any atom is -0.394 e. The predicted molar refractivity (Wildman–Crippen MR) is 98.0 cm³/mol. The van der Waals surface area contributed by atoms with Crippen molar-refractivity contribution in [2.75, 3.05) is 4.98 Å². The third-order valence-electron chi connectivity index (χ3n) is 4.66. The Morgan fingerprint density at radius 1 is 1.48 bits per heavy atom. The Morgan fingerprint density at radius 2 is 2.20 bits per heavy atom. The molecule has 8 heteroatoms. The van der Waals surface area contributed by atoms with Gasteiger partial charge in [0.1, 0.15) is 25.6 Å². The van der Waals surface area contributed by atoms with Crippen molar-refractivity contribution in [3.05, 3.63) is 12.4 Å². The first-order valence-electron chi connectivity index (χ1n) is 8.53. The van der Waals surface area contributed by atoms with Crippen LogP contribution in [-0.4, -0.2) is 33.4 Å². The summed E-state index contributed by atoms with van der Waals surface area (Å²) >= 11 is 0. The molecule has 0 radical (unpaired) electrons. The van der Waals surface area contributed by atoms with Crippen LogP contribution in [0.5, 0.6) is 0 Å². The largest absolute Gasteiger partial charge is 0.394 e. The molecule has 0 aliphatic carbocycles. The molecule has 1 aliphatic rings. The fourth-order valence-corrected chi connectivity index (χ4v) is 4.21. The van der Waals surface area contributed by atoms with E-state index in [2.05, 4.69) is 52.4 Å². The van der Waals surface area contributed by atoms with Crippen LogP contribution in [0.25, 0.3) is 11.2 Å². The summed E-state index contributed by atoms with van der Waals surface area (Å²) in [5.41, 5.74) is 0.371. The summed E-state index contributed by atoms with van der Waals surface area (Å²) in [5, 5.41) is 0. The van der Waals surface area contributed by atoms with Crippen LogP contribution in [0, 0.1) is 24.3 Å². The van der Waals surface area contributed by atoms with E-state index < -0.39 is 19.9 Å². The zero-order valence-corrected chi connectivity index (χ0v) is 16.3. The number of halogens is 1. The quantitative estimate of drug-likeness (QED) is 0.512. The highest BCUT2D eigenvalue weighted by Gasteiger charge is 2.45. The summed E-state index contributed by atoms with van der Waals surface area (Å²) in [5.74, 6) is 3.43. The first-order valence-corrected chi connectivity index (χ1v) is 12.0. The topological polar surface area (TPSA) is 64.9 Å². The lowest BCUT2D eigenvalue weighted by molar-refractivity contribution is -0.0465. The second-order valence-corrected chi connectivity index (χ2v) is 12.4. The maximum Gasteiger partial charge on any atom is 0.312 e. The van der Waals surface area contributed by atoms with Crippen LogP contribution in [0.1, 0.15) is 32.9 Å². The van der Waals surface area contributed by atoms with E-state index in [-0.39, 0.29) is 12.1 Å². The van der Waals surface area contributed by atoms with E-state index in [0.717, 1.165) is 12.8 Å². The Labute approximate surface area is 148 Å². The summed E-state index contributed by atoms with van der Waals surface area (Å²) in [6, 6.07) is 0. The van der Waals surface area contributed by atoms with Gasteiger partial charge in [0.15, 0.2) is 11.5 Å². The van der Waals surface area contributed by atoms with Crippen molar-refractivity contribution in [2.24, 2.45) is 5.92 Å². The summed E-state index contributed by atoms with van der Waals surface area (Å²) in [4.78, 5) is 15.6. The average Bonchev–Trinajstić information content (AvgIpc) is 3.07. The monoisotopic (exact) mass is 361 g/mol. The molecule has 0 saturated carbocycles. The van der Waals surface area contributed by atoms with Gasteiger partial charge in [0.25, 0.3) is 0 Å². The van der Waals surface area contributed by atoms with Gasteiger partial charge in [0, 0.05) is 5.92 Å². The fourth-order valence-electron chi connectivity index (χ4n) is 3.32. The molecular weight excluding hydrogens is 337 g/mol. The van der Waals surface area contributed by atoms with Crippen molar-refractivity contribution >= 4 is 25.2 Å². The summed E-state index contributed by atoms with van der Waals surface area (Å²) in [6.45, 7) is 10.4. The molecule has 1 saturated heterocycles. The van der Waals surface area contributed by atoms with Gasteiger partial charge >= 0.3 is 6.08 Å². The number of rotatable bonds is 4. The van der Waals surface area contributed by atoms with Crippen molar-refractivity contribution < 1.29 is 9.13 Å². The minimum absolute atomic E-state index is 0.191. The number of anilines is 1. The van der Waals surface area contributed by atoms with E-state index in [0.29, 0.717) is 17.0 Å². The molecule has 0 aromatic carbocycles. The molecule has 1 aliphatic heterocycles. The number of ether oxygens (including phenoxy) is 1. The normalized spacial score (nSPS) is 26.8. The Balaban J connectivity index is 2.04. The number of aromatic nitrogens is 4.